The van der Waals surface area contributed by atoms with Gasteiger partial charge in [0.1, 0.15) is 0 Å². The third-order valence-corrected chi connectivity index (χ3v) is 3.52. The number of carbonyl (C=O) groups excluding carboxylic acids is 1. The molecule has 0 bridgehead atoms. The van der Waals surface area contributed by atoms with Crippen LogP contribution in [0.15, 0.2) is 17.5 Å². The molecule has 84 valence electrons. The Morgan fingerprint density at radius 1 is 1.60 bits per heavy atom. The maximum atomic E-state index is 11.3. The number of hydrogen-bond acceptors (Lipinski definition) is 3. The van der Waals surface area contributed by atoms with Crippen molar-refractivity contribution in [3.63, 3.8) is 0 Å². The van der Waals surface area contributed by atoms with Crippen LogP contribution in [-0.2, 0) is 10.2 Å². The number of carbonyl (C=O) groups is 1. The first kappa shape index (κ1) is 12.2. The van der Waals surface area contributed by atoms with Crippen LogP contribution in [0, 0.1) is 0 Å². The summed E-state index contributed by atoms with van der Waals surface area (Å²) in [5, 5.41) is 4.95. The zero-order valence-electron chi connectivity index (χ0n) is 9.25. The lowest BCUT2D eigenvalue weighted by molar-refractivity contribution is -0.121. The summed E-state index contributed by atoms with van der Waals surface area (Å²) < 4.78 is 0. The fraction of sp³-hybridized carbons (Fsp3) is 0.545. The maximum Gasteiger partial charge on any atom is 0.221 e. The van der Waals surface area contributed by atoms with E-state index in [4.69, 9.17) is 5.73 Å². The Morgan fingerprint density at radius 3 is 2.87 bits per heavy atom. The average Bonchev–Trinajstić information content (AvgIpc) is 2.69. The number of nitrogens with two attached hydrogens (primary N) is 1. The molecule has 0 saturated heterocycles. The summed E-state index contributed by atoms with van der Waals surface area (Å²) in [6, 6.07) is 4.13. The smallest absolute Gasteiger partial charge is 0.221 e. The first-order valence-electron chi connectivity index (χ1n) is 5.07. The summed E-state index contributed by atoms with van der Waals surface area (Å²) in [5.74, 6) is 0.0298. The minimum Gasteiger partial charge on any atom is -0.355 e. The highest BCUT2D eigenvalue weighted by Gasteiger charge is 2.21. The molecular weight excluding hydrogens is 208 g/mol. The molecule has 1 rings (SSSR count). The molecule has 4 heteroatoms. The largest absolute Gasteiger partial charge is 0.355 e. The van der Waals surface area contributed by atoms with E-state index in [9.17, 15) is 4.79 Å². The molecule has 1 heterocycles. The highest BCUT2D eigenvalue weighted by molar-refractivity contribution is 7.10. The van der Waals surface area contributed by atoms with Gasteiger partial charge in [0.25, 0.3) is 0 Å². The molecular formula is C11H18N2OS. The van der Waals surface area contributed by atoms with E-state index >= 15 is 0 Å². The molecule has 0 radical (unpaired) electrons. The highest BCUT2D eigenvalue weighted by Crippen LogP contribution is 2.26. The van der Waals surface area contributed by atoms with Crippen LogP contribution in [0.4, 0.5) is 0 Å². The zero-order valence-corrected chi connectivity index (χ0v) is 10.1. The standard InChI is InChI=1S/C11H18N2OS/c1-11(2,9-4-3-7-15-9)8-13-10(14)5-6-12/h3-4,7H,5-6,8,12H2,1-2H3,(H,13,14). The molecule has 0 aliphatic rings. The molecule has 0 aromatic carbocycles. The molecule has 0 atom stereocenters. The third-order valence-electron chi connectivity index (χ3n) is 2.29. The Hall–Kier alpha value is -0.870. The fourth-order valence-corrected chi connectivity index (χ4v) is 2.14. The van der Waals surface area contributed by atoms with Crippen molar-refractivity contribution in [3.8, 4) is 0 Å². The van der Waals surface area contributed by atoms with Gasteiger partial charge in [-0.1, -0.05) is 19.9 Å². The molecule has 0 aliphatic carbocycles. The minimum atomic E-state index is -0.00156. The Morgan fingerprint density at radius 2 is 2.33 bits per heavy atom. The monoisotopic (exact) mass is 226 g/mol. The van der Waals surface area contributed by atoms with Crippen molar-refractivity contribution in [1.29, 1.82) is 0 Å². The molecule has 0 aliphatic heterocycles. The maximum absolute atomic E-state index is 11.3. The lowest BCUT2D eigenvalue weighted by atomic mass is 9.91. The van der Waals surface area contributed by atoms with Crippen LogP contribution in [0.2, 0.25) is 0 Å². The number of rotatable bonds is 5. The highest BCUT2D eigenvalue weighted by atomic mass is 32.1. The Labute approximate surface area is 94.7 Å². The Kier molecular flexibility index (Phi) is 4.29. The van der Waals surface area contributed by atoms with Crippen LogP contribution in [0.5, 0.6) is 0 Å². The summed E-state index contributed by atoms with van der Waals surface area (Å²) >= 11 is 1.72. The van der Waals surface area contributed by atoms with Crippen LogP contribution in [-0.4, -0.2) is 19.0 Å². The van der Waals surface area contributed by atoms with Gasteiger partial charge in [-0.2, -0.15) is 0 Å². The number of nitrogens with one attached hydrogen (secondary N) is 1. The van der Waals surface area contributed by atoms with Crippen molar-refractivity contribution in [2.45, 2.75) is 25.7 Å². The normalized spacial score (nSPS) is 11.4. The van der Waals surface area contributed by atoms with E-state index in [1.54, 1.807) is 11.3 Å². The van der Waals surface area contributed by atoms with Gasteiger partial charge in [-0.25, -0.2) is 0 Å². The van der Waals surface area contributed by atoms with Gasteiger partial charge in [0.2, 0.25) is 5.91 Å². The number of thiophene rings is 1. The van der Waals surface area contributed by atoms with Crippen LogP contribution in [0.3, 0.4) is 0 Å². The second-order valence-electron chi connectivity index (χ2n) is 4.18. The molecule has 0 fully saturated rings. The molecule has 0 saturated carbocycles. The van der Waals surface area contributed by atoms with Crippen LogP contribution >= 0.6 is 11.3 Å². The van der Waals surface area contributed by atoms with E-state index < -0.39 is 0 Å². The van der Waals surface area contributed by atoms with E-state index in [0.717, 1.165) is 0 Å². The lowest BCUT2D eigenvalue weighted by Crippen LogP contribution is -2.36. The van der Waals surface area contributed by atoms with Crippen molar-refractivity contribution in [2.24, 2.45) is 5.73 Å². The third kappa shape index (κ3) is 3.64. The first-order chi connectivity index (χ1) is 7.06. The molecule has 0 spiro atoms. The average molecular weight is 226 g/mol. The van der Waals surface area contributed by atoms with Crippen LogP contribution in [0.25, 0.3) is 0 Å². The topological polar surface area (TPSA) is 55.1 Å². The lowest BCUT2D eigenvalue weighted by Gasteiger charge is -2.23. The Balaban J connectivity index is 2.47. The van der Waals surface area contributed by atoms with Crippen LogP contribution < -0.4 is 11.1 Å². The summed E-state index contributed by atoms with van der Waals surface area (Å²) in [4.78, 5) is 12.6. The predicted molar refractivity (Wildman–Crippen MR) is 64.0 cm³/mol. The van der Waals surface area contributed by atoms with Crippen molar-refractivity contribution in [1.82, 2.24) is 5.32 Å². The van der Waals surface area contributed by atoms with Gasteiger partial charge in [-0.05, 0) is 11.4 Å². The van der Waals surface area contributed by atoms with Gasteiger partial charge in [-0.3, -0.25) is 4.79 Å². The summed E-state index contributed by atoms with van der Waals surface area (Å²) in [6.45, 7) is 5.32. The van der Waals surface area contributed by atoms with Crippen molar-refractivity contribution in [3.05, 3.63) is 22.4 Å². The summed E-state index contributed by atoms with van der Waals surface area (Å²) in [5.41, 5.74) is 5.30. The van der Waals surface area contributed by atoms with E-state index in [0.29, 0.717) is 19.5 Å². The van der Waals surface area contributed by atoms with Crippen molar-refractivity contribution in [2.75, 3.05) is 13.1 Å². The second-order valence-corrected chi connectivity index (χ2v) is 5.12. The molecule has 3 nitrogen and oxygen atoms in total. The molecule has 1 aromatic rings. The minimum absolute atomic E-state index is 0.00156. The predicted octanol–water partition coefficient (Wildman–Crippen LogP) is 1.49. The van der Waals surface area contributed by atoms with E-state index in [1.807, 2.05) is 6.07 Å². The van der Waals surface area contributed by atoms with Gasteiger partial charge in [-0.15, -0.1) is 11.3 Å². The van der Waals surface area contributed by atoms with Gasteiger partial charge >= 0.3 is 0 Å². The molecule has 15 heavy (non-hydrogen) atoms. The fourth-order valence-electron chi connectivity index (χ4n) is 1.29. The van der Waals surface area contributed by atoms with Crippen molar-refractivity contribution >= 4 is 17.2 Å². The number of amides is 1. The number of hydrogen-bond donors (Lipinski definition) is 2. The second kappa shape index (κ2) is 5.28. The van der Waals surface area contributed by atoms with Gasteiger partial charge in [0.15, 0.2) is 0 Å². The molecule has 0 unspecified atom stereocenters. The van der Waals surface area contributed by atoms with Gasteiger partial charge < -0.3 is 11.1 Å². The van der Waals surface area contributed by atoms with Gasteiger partial charge in [0.05, 0.1) is 0 Å². The quantitative estimate of drug-likeness (QED) is 0.799. The van der Waals surface area contributed by atoms with E-state index in [-0.39, 0.29) is 11.3 Å². The van der Waals surface area contributed by atoms with Gasteiger partial charge in [0, 0.05) is 29.8 Å². The van der Waals surface area contributed by atoms with E-state index in [1.165, 1.54) is 4.88 Å². The summed E-state index contributed by atoms with van der Waals surface area (Å²) in [6.07, 6.45) is 0.403. The van der Waals surface area contributed by atoms with Crippen LogP contribution in [0.1, 0.15) is 25.1 Å². The van der Waals surface area contributed by atoms with E-state index in [2.05, 4.69) is 30.6 Å². The molecule has 3 N–H and O–H groups in total. The SMILES string of the molecule is CC(C)(CNC(=O)CCN)c1cccs1. The zero-order chi connectivity index (χ0) is 11.3. The van der Waals surface area contributed by atoms with Crippen molar-refractivity contribution < 1.29 is 4.79 Å². The molecule has 1 amide bonds. The first-order valence-corrected chi connectivity index (χ1v) is 5.95. The Bertz CT molecular complexity index is 306. The summed E-state index contributed by atoms with van der Waals surface area (Å²) in [7, 11) is 0. The molecule has 1 aromatic heterocycles.